The van der Waals surface area contributed by atoms with E-state index in [9.17, 15) is 0 Å². The number of nitrogens with one attached hydrogen (secondary N) is 1. The van der Waals surface area contributed by atoms with Crippen molar-refractivity contribution in [3.63, 3.8) is 0 Å². The lowest BCUT2D eigenvalue weighted by Crippen LogP contribution is -2.36. The second kappa shape index (κ2) is 8.78. The van der Waals surface area contributed by atoms with E-state index in [0.717, 1.165) is 61.1 Å². The monoisotopic (exact) mass is 380 g/mol. The SMILES string of the molecule is NCC1CCN(c2cc(N)cc(-c3ccnc(NC4CCCCC4)c3)n2)CC1. The molecule has 2 aromatic rings. The minimum Gasteiger partial charge on any atom is -0.399 e. The van der Waals surface area contributed by atoms with Crippen molar-refractivity contribution in [1.29, 1.82) is 0 Å². The quantitative estimate of drug-likeness (QED) is 0.733. The van der Waals surface area contributed by atoms with Crippen molar-refractivity contribution in [1.82, 2.24) is 9.97 Å². The predicted octanol–water partition coefficient (Wildman–Crippen LogP) is 3.65. The molecule has 150 valence electrons. The van der Waals surface area contributed by atoms with Gasteiger partial charge in [0, 0.05) is 42.6 Å². The molecule has 1 saturated carbocycles. The summed E-state index contributed by atoms with van der Waals surface area (Å²) in [5.74, 6) is 2.52. The van der Waals surface area contributed by atoms with Crippen LogP contribution < -0.4 is 21.7 Å². The van der Waals surface area contributed by atoms with Gasteiger partial charge >= 0.3 is 0 Å². The molecule has 0 atom stereocenters. The van der Waals surface area contributed by atoms with E-state index in [1.165, 1.54) is 32.1 Å². The van der Waals surface area contributed by atoms with Crippen LogP contribution in [0.1, 0.15) is 44.9 Å². The van der Waals surface area contributed by atoms with E-state index in [-0.39, 0.29) is 0 Å². The second-order valence-electron chi connectivity index (χ2n) is 8.22. The molecule has 28 heavy (non-hydrogen) atoms. The highest BCUT2D eigenvalue weighted by atomic mass is 15.2. The van der Waals surface area contributed by atoms with Gasteiger partial charge in [-0.15, -0.1) is 0 Å². The summed E-state index contributed by atoms with van der Waals surface area (Å²) in [4.78, 5) is 11.8. The van der Waals surface area contributed by atoms with Gasteiger partial charge in [-0.1, -0.05) is 19.3 Å². The maximum absolute atomic E-state index is 6.23. The van der Waals surface area contributed by atoms with Crippen LogP contribution in [0.2, 0.25) is 0 Å². The van der Waals surface area contributed by atoms with Crippen molar-refractivity contribution < 1.29 is 0 Å². The summed E-state index contributed by atoms with van der Waals surface area (Å²) in [7, 11) is 0. The summed E-state index contributed by atoms with van der Waals surface area (Å²) in [6.45, 7) is 2.75. The van der Waals surface area contributed by atoms with Crippen LogP contribution in [0.4, 0.5) is 17.3 Å². The van der Waals surface area contributed by atoms with Crippen LogP contribution in [0.15, 0.2) is 30.5 Å². The van der Waals surface area contributed by atoms with Gasteiger partial charge < -0.3 is 21.7 Å². The van der Waals surface area contributed by atoms with Crippen LogP contribution in [0, 0.1) is 5.92 Å². The fourth-order valence-electron chi connectivity index (χ4n) is 4.37. The Hall–Kier alpha value is -2.34. The minimum absolute atomic E-state index is 0.532. The Morgan fingerprint density at radius 1 is 1.04 bits per heavy atom. The molecule has 1 saturated heterocycles. The number of nitrogens with zero attached hydrogens (tertiary/aromatic N) is 3. The molecular weight excluding hydrogens is 348 g/mol. The lowest BCUT2D eigenvalue weighted by atomic mass is 9.95. The van der Waals surface area contributed by atoms with Gasteiger partial charge in [0.15, 0.2) is 0 Å². The summed E-state index contributed by atoms with van der Waals surface area (Å²) < 4.78 is 0. The minimum atomic E-state index is 0.532. The fourth-order valence-corrected chi connectivity index (χ4v) is 4.37. The van der Waals surface area contributed by atoms with Crippen molar-refractivity contribution in [3.8, 4) is 11.3 Å². The first-order chi connectivity index (χ1) is 13.7. The zero-order chi connectivity index (χ0) is 19.3. The van der Waals surface area contributed by atoms with Crippen LogP contribution in [-0.4, -0.2) is 35.6 Å². The molecule has 6 heteroatoms. The summed E-state index contributed by atoms with van der Waals surface area (Å²) in [5.41, 5.74) is 14.8. The van der Waals surface area contributed by atoms with Crippen molar-refractivity contribution in [2.75, 3.05) is 35.6 Å². The van der Waals surface area contributed by atoms with Gasteiger partial charge in [-0.2, -0.15) is 0 Å². The van der Waals surface area contributed by atoms with E-state index in [4.69, 9.17) is 16.5 Å². The molecule has 0 radical (unpaired) electrons. The molecule has 6 nitrogen and oxygen atoms in total. The average Bonchev–Trinajstić information content (AvgIpc) is 2.74. The maximum atomic E-state index is 6.23. The van der Waals surface area contributed by atoms with E-state index >= 15 is 0 Å². The van der Waals surface area contributed by atoms with Gasteiger partial charge in [0.2, 0.25) is 0 Å². The van der Waals surface area contributed by atoms with E-state index < -0.39 is 0 Å². The molecule has 0 unspecified atom stereocenters. The van der Waals surface area contributed by atoms with Crippen LogP contribution in [-0.2, 0) is 0 Å². The van der Waals surface area contributed by atoms with E-state index in [2.05, 4.69) is 21.3 Å². The smallest absolute Gasteiger partial charge is 0.131 e. The number of piperidine rings is 1. The molecule has 0 spiro atoms. The first kappa shape index (κ1) is 19.0. The third-order valence-corrected chi connectivity index (χ3v) is 6.12. The molecule has 2 aliphatic rings. The van der Waals surface area contributed by atoms with Gasteiger partial charge in [-0.25, -0.2) is 9.97 Å². The fraction of sp³-hybridized carbons (Fsp3) is 0.545. The van der Waals surface area contributed by atoms with E-state index in [0.29, 0.717) is 12.0 Å². The molecular formula is C22H32N6. The van der Waals surface area contributed by atoms with Gasteiger partial charge in [-0.3, -0.25) is 0 Å². The molecule has 0 amide bonds. The number of nitrogens with two attached hydrogens (primary N) is 2. The van der Waals surface area contributed by atoms with E-state index in [1.807, 2.05) is 24.4 Å². The third kappa shape index (κ3) is 4.55. The van der Waals surface area contributed by atoms with Gasteiger partial charge in [-0.05, 0) is 56.3 Å². The largest absolute Gasteiger partial charge is 0.399 e. The van der Waals surface area contributed by atoms with Crippen LogP contribution in [0.25, 0.3) is 11.3 Å². The molecule has 0 aromatic carbocycles. The highest BCUT2D eigenvalue weighted by Crippen LogP contribution is 2.29. The number of hydrogen-bond acceptors (Lipinski definition) is 6. The van der Waals surface area contributed by atoms with Crippen LogP contribution in [0.3, 0.4) is 0 Å². The number of hydrogen-bond donors (Lipinski definition) is 3. The van der Waals surface area contributed by atoms with Crippen LogP contribution >= 0.6 is 0 Å². The Morgan fingerprint density at radius 2 is 1.82 bits per heavy atom. The molecule has 0 bridgehead atoms. The molecule has 4 rings (SSSR count). The zero-order valence-corrected chi connectivity index (χ0v) is 16.6. The molecule has 1 aliphatic carbocycles. The zero-order valence-electron chi connectivity index (χ0n) is 16.6. The summed E-state index contributed by atoms with van der Waals surface area (Å²) in [6, 6.07) is 8.58. The number of rotatable bonds is 5. The predicted molar refractivity (Wildman–Crippen MR) is 116 cm³/mol. The van der Waals surface area contributed by atoms with Crippen molar-refractivity contribution >= 4 is 17.3 Å². The van der Waals surface area contributed by atoms with Gasteiger partial charge in [0.1, 0.15) is 11.6 Å². The standard InChI is InChI=1S/C22H32N6/c23-15-16-7-10-28(11-8-16)22-14-18(24)13-20(27-22)17-6-9-25-21(12-17)26-19-4-2-1-3-5-19/h6,9,12-14,16,19H,1-5,7-8,10-11,15,23H2,(H2,24,27)(H,25,26). The average molecular weight is 381 g/mol. The Balaban J connectivity index is 1.52. The molecule has 1 aliphatic heterocycles. The van der Waals surface area contributed by atoms with E-state index in [1.54, 1.807) is 0 Å². The first-order valence-electron chi connectivity index (χ1n) is 10.7. The second-order valence-corrected chi connectivity index (χ2v) is 8.22. The Labute approximate surface area is 167 Å². The summed E-state index contributed by atoms with van der Waals surface area (Å²) in [5, 5.41) is 3.60. The number of aromatic nitrogens is 2. The Bertz CT molecular complexity index is 778. The summed E-state index contributed by atoms with van der Waals surface area (Å²) in [6.07, 6.45) is 10.5. The molecule has 3 heterocycles. The molecule has 2 fully saturated rings. The third-order valence-electron chi connectivity index (χ3n) is 6.12. The highest BCUT2D eigenvalue weighted by Gasteiger charge is 2.20. The van der Waals surface area contributed by atoms with Crippen molar-refractivity contribution in [3.05, 3.63) is 30.5 Å². The van der Waals surface area contributed by atoms with Gasteiger partial charge in [0.25, 0.3) is 0 Å². The van der Waals surface area contributed by atoms with Crippen LogP contribution in [0.5, 0.6) is 0 Å². The number of nitrogen functional groups attached to an aromatic ring is 1. The topological polar surface area (TPSA) is 93.1 Å². The summed E-state index contributed by atoms with van der Waals surface area (Å²) >= 11 is 0. The number of pyridine rings is 2. The maximum Gasteiger partial charge on any atom is 0.131 e. The lowest BCUT2D eigenvalue weighted by molar-refractivity contribution is 0.413. The number of anilines is 3. The molecule has 2 aromatic heterocycles. The lowest BCUT2D eigenvalue weighted by Gasteiger charge is -2.32. The highest BCUT2D eigenvalue weighted by molar-refractivity contribution is 5.69. The van der Waals surface area contributed by atoms with Gasteiger partial charge in [0.05, 0.1) is 5.69 Å². The normalized spacial score (nSPS) is 19.0. The first-order valence-corrected chi connectivity index (χ1v) is 10.7. The van der Waals surface area contributed by atoms with Crippen molar-refractivity contribution in [2.45, 2.75) is 51.0 Å². The molecule has 5 N–H and O–H groups in total. The Kier molecular flexibility index (Phi) is 5.95. The Morgan fingerprint density at radius 3 is 2.57 bits per heavy atom. The van der Waals surface area contributed by atoms with Crippen molar-refractivity contribution in [2.24, 2.45) is 11.7 Å².